The largest absolute Gasteiger partial charge is 0.241 e. The van der Waals surface area contributed by atoms with E-state index in [1.807, 2.05) is 0 Å². The Morgan fingerprint density at radius 2 is 2.18 bits per heavy atom. The average Bonchev–Trinajstić information content (AvgIpc) is 2.29. The third-order valence-electron chi connectivity index (χ3n) is 1.98. The van der Waals surface area contributed by atoms with Gasteiger partial charge in [-0.25, -0.2) is 17.5 Å². The molecule has 0 heterocycles. The molecule has 0 radical (unpaired) electrons. The predicted molar refractivity (Wildman–Crippen MR) is 64.7 cm³/mol. The molecular weight excluding hydrogens is 311 g/mol. The van der Waals surface area contributed by atoms with Gasteiger partial charge in [0.2, 0.25) is 10.0 Å². The van der Waals surface area contributed by atoms with Crippen LogP contribution >= 0.6 is 15.9 Å². The lowest BCUT2D eigenvalue weighted by Gasteiger charge is -2.07. The van der Waals surface area contributed by atoms with E-state index in [-0.39, 0.29) is 11.4 Å². The number of benzene rings is 1. The summed E-state index contributed by atoms with van der Waals surface area (Å²) in [4.78, 5) is -0.324. The van der Waals surface area contributed by atoms with Crippen LogP contribution in [0.3, 0.4) is 0 Å². The van der Waals surface area contributed by atoms with E-state index < -0.39 is 21.4 Å². The predicted octanol–water partition coefficient (Wildman–Crippen LogP) is 1.76. The van der Waals surface area contributed by atoms with Gasteiger partial charge in [-0.2, -0.15) is 5.26 Å². The Hall–Kier alpha value is -0.970. The Balaban J connectivity index is 3.08. The molecule has 0 amide bonds. The van der Waals surface area contributed by atoms with Gasteiger partial charge in [-0.1, -0.05) is 22.0 Å². The summed E-state index contributed by atoms with van der Waals surface area (Å²) in [6, 6.07) is 5.07. The molecule has 1 N–H and O–H groups in total. The number of hydrogen-bond donors (Lipinski definition) is 1. The molecule has 0 spiro atoms. The molecule has 17 heavy (non-hydrogen) atoms. The van der Waals surface area contributed by atoms with Crippen molar-refractivity contribution < 1.29 is 12.8 Å². The zero-order valence-electron chi connectivity index (χ0n) is 8.78. The van der Waals surface area contributed by atoms with Crippen molar-refractivity contribution in [1.29, 1.82) is 5.26 Å². The Morgan fingerprint density at radius 3 is 2.76 bits per heavy atom. The minimum Gasteiger partial charge on any atom is -0.211 e. The van der Waals surface area contributed by atoms with Crippen molar-refractivity contribution in [2.45, 2.75) is 11.3 Å². The summed E-state index contributed by atoms with van der Waals surface area (Å²) in [5, 5.41) is 9.40. The summed E-state index contributed by atoms with van der Waals surface area (Å²) in [6.45, 7) is 0.231. The molecule has 1 rings (SSSR count). The second-order valence-electron chi connectivity index (χ2n) is 3.17. The first-order valence-electron chi connectivity index (χ1n) is 4.77. The SMILES string of the molecule is N#Cc1c(F)cccc1S(=O)(=O)NCCCBr. The van der Waals surface area contributed by atoms with Crippen LogP contribution in [0.1, 0.15) is 12.0 Å². The number of sulfonamides is 1. The highest BCUT2D eigenvalue weighted by atomic mass is 79.9. The fourth-order valence-electron chi connectivity index (χ4n) is 1.19. The van der Waals surface area contributed by atoms with Crippen LogP contribution in [-0.2, 0) is 10.0 Å². The third-order valence-corrected chi connectivity index (χ3v) is 4.04. The maximum atomic E-state index is 13.2. The van der Waals surface area contributed by atoms with Crippen LogP contribution in [-0.4, -0.2) is 20.3 Å². The van der Waals surface area contributed by atoms with Crippen LogP contribution in [0, 0.1) is 17.1 Å². The molecule has 7 heteroatoms. The molecular formula is C10H10BrFN2O2S. The molecule has 0 aliphatic rings. The van der Waals surface area contributed by atoms with Crippen molar-refractivity contribution >= 4 is 26.0 Å². The lowest BCUT2D eigenvalue weighted by atomic mass is 10.2. The second-order valence-corrected chi connectivity index (χ2v) is 5.69. The summed E-state index contributed by atoms with van der Waals surface area (Å²) in [5.41, 5.74) is -0.459. The van der Waals surface area contributed by atoms with Crippen molar-refractivity contribution in [2.75, 3.05) is 11.9 Å². The molecule has 4 nitrogen and oxygen atoms in total. The van der Waals surface area contributed by atoms with E-state index in [9.17, 15) is 12.8 Å². The normalized spacial score (nSPS) is 11.1. The highest BCUT2D eigenvalue weighted by Gasteiger charge is 2.20. The van der Waals surface area contributed by atoms with Gasteiger partial charge in [0, 0.05) is 11.9 Å². The zero-order chi connectivity index (χ0) is 12.9. The molecule has 0 fully saturated rings. The van der Waals surface area contributed by atoms with Gasteiger partial charge in [0.05, 0.1) is 0 Å². The molecule has 0 aliphatic carbocycles. The number of halogens is 2. The molecule has 0 unspecified atom stereocenters. The lowest BCUT2D eigenvalue weighted by molar-refractivity contribution is 0.576. The van der Waals surface area contributed by atoms with E-state index in [1.165, 1.54) is 12.1 Å². The Kier molecular flexibility index (Phi) is 5.05. The number of nitrogens with one attached hydrogen (secondary N) is 1. The quantitative estimate of drug-likeness (QED) is 0.664. The van der Waals surface area contributed by atoms with Crippen molar-refractivity contribution in [3.63, 3.8) is 0 Å². The van der Waals surface area contributed by atoms with E-state index in [0.717, 1.165) is 6.07 Å². The number of nitrogens with zero attached hydrogens (tertiary/aromatic N) is 1. The lowest BCUT2D eigenvalue weighted by Crippen LogP contribution is -2.26. The molecule has 1 aromatic carbocycles. The summed E-state index contributed by atoms with van der Waals surface area (Å²) in [6.07, 6.45) is 0.608. The molecule has 0 atom stereocenters. The van der Waals surface area contributed by atoms with Gasteiger partial charge in [0.15, 0.2) is 0 Å². The van der Waals surface area contributed by atoms with Gasteiger partial charge in [0.25, 0.3) is 0 Å². The summed E-state index contributed by atoms with van der Waals surface area (Å²) in [7, 11) is -3.83. The Labute approximate surface area is 108 Å². The maximum Gasteiger partial charge on any atom is 0.241 e. The van der Waals surface area contributed by atoms with Gasteiger partial charge in [0.1, 0.15) is 22.3 Å². The standard InChI is InChI=1S/C10H10BrFN2O2S/c11-5-2-6-14-17(15,16)10-4-1-3-9(12)8(10)7-13/h1,3-4,14H,2,5-6H2. The highest BCUT2D eigenvalue weighted by molar-refractivity contribution is 9.09. The van der Waals surface area contributed by atoms with E-state index in [0.29, 0.717) is 11.8 Å². The van der Waals surface area contributed by atoms with Crippen LogP contribution in [0.2, 0.25) is 0 Å². The van der Waals surface area contributed by atoms with Crippen molar-refractivity contribution in [3.05, 3.63) is 29.6 Å². The summed E-state index contributed by atoms with van der Waals surface area (Å²) in [5.74, 6) is -0.837. The first kappa shape index (κ1) is 14.1. The third kappa shape index (κ3) is 3.49. The fraction of sp³-hybridized carbons (Fsp3) is 0.300. The van der Waals surface area contributed by atoms with Gasteiger partial charge < -0.3 is 0 Å². The molecule has 0 aliphatic heterocycles. The van der Waals surface area contributed by atoms with Crippen LogP contribution in [0.25, 0.3) is 0 Å². The number of alkyl halides is 1. The van der Waals surface area contributed by atoms with Crippen LogP contribution in [0.15, 0.2) is 23.1 Å². The van der Waals surface area contributed by atoms with Gasteiger partial charge in [-0.05, 0) is 18.6 Å². The van der Waals surface area contributed by atoms with Gasteiger partial charge in [-0.3, -0.25) is 0 Å². The highest BCUT2D eigenvalue weighted by Crippen LogP contribution is 2.17. The number of rotatable bonds is 5. The minimum absolute atomic E-state index is 0.231. The van der Waals surface area contributed by atoms with Crippen molar-refractivity contribution in [1.82, 2.24) is 4.72 Å². The molecule has 1 aromatic rings. The Morgan fingerprint density at radius 1 is 1.47 bits per heavy atom. The van der Waals surface area contributed by atoms with E-state index in [1.54, 1.807) is 6.07 Å². The fourth-order valence-corrected chi connectivity index (χ4v) is 2.71. The first-order chi connectivity index (χ1) is 8.03. The first-order valence-corrected chi connectivity index (χ1v) is 7.37. The number of nitriles is 1. The average molecular weight is 321 g/mol. The monoisotopic (exact) mass is 320 g/mol. The minimum atomic E-state index is -3.83. The van der Waals surface area contributed by atoms with Crippen molar-refractivity contribution in [2.24, 2.45) is 0 Å². The van der Waals surface area contributed by atoms with Crippen molar-refractivity contribution in [3.8, 4) is 6.07 Å². The summed E-state index contributed by atoms with van der Waals surface area (Å²) < 4.78 is 39.1. The zero-order valence-corrected chi connectivity index (χ0v) is 11.2. The van der Waals surface area contributed by atoms with Gasteiger partial charge >= 0.3 is 0 Å². The summed E-state index contributed by atoms with van der Waals surface area (Å²) >= 11 is 3.17. The van der Waals surface area contributed by atoms with Crippen LogP contribution in [0.4, 0.5) is 4.39 Å². The van der Waals surface area contributed by atoms with Crippen LogP contribution < -0.4 is 4.72 Å². The van der Waals surface area contributed by atoms with E-state index >= 15 is 0 Å². The van der Waals surface area contributed by atoms with E-state index in [4.69, 9.17) is 5.26 Å². The van der Waals surface area contributed by atoms with E-state index in [2.05, 4.69) is 20.7 Å². The smallest absolute Gasteiger partial charge is 0.211 e. The molecule has 92 valence electrons. The number of hydrogen-bond acceptors (Lipinski definition) is 3. The molecule has 0 aromatic heterocycles. The maximum absolute atomic E-state index is 13.2. The second kappa shape index (κ2) is 6.10. The Bertz CT molecular complexity index is 540. The molecule has 0 saturated carbocycles. The van der Waals surface area contributed by atoms with Gasteiger partial charge in [-0.15, -0.1) is 0 Å². The topological polar surface area (TPSA) is 70.0 Å². The molecule has 0 saturated heterocycles. The molecule has 0 bridgehead atoms. The van der Waals surface area contributed by atoms with Crippen LogP contribution in [0.5, 0.6) is 0 Å².